The molecule has 0 radical (unpaired) electrons. The van der Waals surface area contributed by atoms with E-state index in [-0.39, 0.29) is 6.03 Å². The second kappa shape index (κ2) is 8.75. The number of allylic oxidation sites excluding steroid dienone is 3. The number of carbonyl (C=O) groups excluding carboxylic acids is 1. The van der Waals surface area contributed by atoms with E-state index in [1.165, 1.54) is 0 Å². The molecule has 0 fully saturated rings. The molecular weight excluding hydrogens is 248 g/mol. The molecule has 0 saturated heterocycles. The fourth-order valence-electron chi connectivity index (χ4n) is 1.78. The Balaban J connectivity index is 2.49. The van der Waals surface area contributed by atoms with E-state index in [0.717, 1.165) is 11.1 Å². The van der Waals surface area contributed by atoms with Crippen molar-refractivity contribution in [3.8, 4) is 0 Å². The highest BCUT2D eigenvalue weighted by atomic mass is 16.2. The molecule has 0 bridgehead atoms. The number of nitrogens with one attached hydrogen (secondary N) is 1. The minimum Gasteiger partial charge on any atom is -0.334 e. The average molecular weight is 270 g/mol. The topological polar surface area (TPSA) is 32.3 Å². The number of benzene rings is 1. The lowest BCUT2D eigenvalue weighted by Crippen LogP contribution is -2.37. The summed E-state index contributed by atoms with van der Waals surface area (Å²) in [5.41, 5.74) is 2.13. The standard InChI is InChI=1S/C17H22N2O/c1-4-9-15(10-5-2)13-18-17(20)19(3)14-16-11-7-6-8-12-16/h4-12H,1,13-14H2,2-3H3,(H,18,20)/b10-5-,15-9+. The zero-order chi connectivity index (χ0) is 14.8. The molecule has 0 aliphatic rings. The van der Waals surface area contributed by atoms with Crippen LogP contribution in [0.1, 0.15) is 12.5 Å². The maximum Gasteiger partial charge on any atom is 0.317 e. The van der Waals surface area contributed by atoms with Crippen molar-refractivity contribution in [2.75, 3.05) is 13.6 Å². The average Bonchev–Trinajstić information content (AvgIpc) is 2.46. The quantitative estimate of drug-likeness (QED) is 0.788. The molecule has 3 heteroatoms. The van der Waals surface area contributed by atoms with Crippen LogP contribution in [-0.2, 0) is 6.54 Å². The van der Waals surface area contributed by atoms with Crippen LogP contribution in [0.3, 0.4) is 0 Å². The summed E-state index contributed by atoms with van der Waals surface area (Å²) in [7, 11) is 1.79. The predicted octanol–water partition coefficient (Wildman–Crippen LogP) is 3.52. The van der Waals surface area contributed by atoms with E-state index < -0.39 is 0 Å². The van der Waals surface area contributed by atoms with Crippen LogP contribution in [0.2, 0.25) is 0 Å². The van der Waals surface area contributed by atoms with E-state index in [4.69, 9.17) is 0 Å². The largest absolute Gasteiger partial charge is 0.334 e. The summed E-state index contributed by atoms with van der Waals surface area (Å²) >= 11 is 0. The summed E-state index contributed by atoms with van der Waals surface area (Å²) in [6.45, 7) is 6.70. The third-order valence-corrected chi connectivity index (χ3v) is 2.77. The first-order valence-electron chi connectivity index (χ1n) is 6.64. The number of hydrogen-bond acceptors (Lipinski definition) is 1. The van der Waals surface area contributed by atoms with Crippen LogP contribution in [0.5, 0.6) is 0 Å². The Labute approximate surface area is 121 Å². The summed E-state index contributed by atoms with van der Waals surface area (Å²) in [6.07, 6.45) is 7.50. The second-order valence-electron chi connectivity index (χ2n) is 4.48. The lowest BCUT2D eigenvalue weighted by Gasteiger charge is -2.18. The first-order chi connectivity index (χ1) is 9.67. The van der Waals surface area contributed by atoms with Crippen LogP contribution in [0.15, 0.2) is 66.8 Å². The van der Waals surface area contributed by atoms with E-state index in [9.17, 15) is 4.79 Å². The highest BCUT2D eigenvalue weighted by Crippen LogP contribution is 2.03. The highest BCUT2D eigenvalue weighted by Gasteiger charge is 2.08. The monoisotopic (exact) mass is 270 g/mol. The van der Waals surface area contributed by atoms with Crippen molar-refractivity contribution in [1.82, 2.24) is 10.2 Å². The summed E-state index contributed by atoms with van der Waals surface area (Å²) < 4.78 is 0. The molecule has 3 nitrogen and oxygen atoms in total. The molecule has 1 rings (SSSR count). The van der Waals surface area contributed by atoms with Gasteiger partial charge in [0.05, 0.1) is 0 Å². The molecule has 0 heterocycles. The first-order valence-corrected chi connectivity index (χ1v) is 6.64. The Morgan fingerprint density at radius 2 is 2.05 bits per heavy atom. The summed E-state index contributed by atoms with van der Waals surface area (Å²) in [4.78, 5) is 13.7. The summed E-state index contributed by atoms with van der Waals surface area (Å²) in [5, 5.41) is 2.89. The van der Waals surface area contributed by atoms with Crippen molar-refractivity contribution >= 4 is 6.03 Å². The van der Waals surface area contributed by atoms with Crippen molar-refractivity contribution in [2.45, 2.75) is 13.5 Å². The molecule has 0 spiro atoms. The highest BCUT2D eigenvalue weighted by molar-refractivity contribution is 5.74. The molecule has 0 unspecified atom stereocenters. The van der Waals surface area contributed by atoms with Crippen molar-refractivity contribution in [3.63, 3.8) is 0 Å². The van der Waals surface area contributed by atoms with Gasteiger partial charge in [0.25, 0.3) is 0 Å². The first kappa shape index (κ1) is 15.8. The molecule has 0 atom stereocenters. The van der Waals surface area contributed by atoms with Crippen LogP contribution in [0.25, 0.3) is 0 Å². The third-order valence-electron chi connectivity index (χ3n) is 2.77. The van der Waals surface area contributed by atoms with E-state index in [1.807, 2.05) is 55.5 Å². The number of amides is 2. The number of rotatable bonds is 6. The Bertz CT molecular complexity index is 489. The Morgan fingerprint density at radius 1 is 1.35 bits per heavy atom. The van der Waals surface area contributed by atoms with E-state index >= 15 is 0 Å². The number of urea groups is 1. The predicted molar refractivity (Wildman–Crippen MR) is 84.4 cm³/mol. The van der Waals surface area contributed by atoms with Crippen molar-refractivity contribution in [1.29, 1.82) is 0 Å². The molecular formula is C17H22N2O. The maximum absolute atomic E-state index is 12.0. The van der Waals surface area contributed by atoms with Gasteiger partial charge in [-0.2, -0.15) is 0 Å². The molecule has 1 N–H and O–H groups in total. The normalized spacial score (nSPS) is 11.4. The lowest BCUT2D eigenvalue weighted by molar-refractivity contribution is 0.208. The molecule has 2 amide bonds. The second-order valence-corrected chi connectivity index (χ2v) is 4.48. The Kier molecular flexibility index (Phi) is 6.90. The maximum atomic E-state index is 12.0. The van der Waals surface area contributed by atoms with Gasteiger partial charge in [0, 0.05) is 20.1 Å². The van der Waals surface area contributed by atoms with Gasteiger partial charge in [0.1, 0.15) is 0 Å². The van der Waals surface area contributed by atoms with Crippen LogP contribution in [0, 0.1) is 0 Å². The van der Waals surface area contributed by atoms with Crippen LogP contribution < -0.4 is 5.32 Å². The van der Waals surface area contributed by atoms with Gasteiger partial charge in [-0.05, 0) is 18.1 Å². The number of carbonyl (C=O) groups is 1. The van der Waals surface area contributed by atoms with Crippen LogP contribution >= 0.6 is 0 Å². The molecule has 20 heavy (non-hydrogen) atoms. The zero-order valence-corrected chi connectivity index (χ0v) is 12.2. The molecule has 0 aliphatic heterocycles. The van der Waals surface area contributed by atoms with Gasteiger partial charge in [-0.25, -0.2) is 4.79 Å². The van der Waals surface area contributed by atoms with Gasteiger partial charge in [0.15, 0.2) is 0 Å². The van der Waals surface area contributed by atoms with E-state index in [2.05, 4.69) is 11.9 Å². The molecule has 0 aliphatic carbocycles. The van der Waals surface area contributed by atoms with Gasteiger partial charge in [-0.1, -0.05) is 61.2 Å². The summed E-state index contributed by atoms with van der Waals surface area (Å²) in [6, 6.07) is 9.83. The fourth-order valence-corrected chi connectivity index (χ4v) is 1.78. The molecule has 106 valence electrons. The minimum absolute atomic E-state index is 0.0895. The fraction of sp³-hybridized carbons (Fsp3) is 0.235. The van der Waals surface area contributed by atoms with Gasteiger partial charge in [-0.3, -0.25) is 0 Å². The van der Waals surface area contributed by atoms with Crippen LogP contribution in [0.4, 0.5) is 4.79 Å². The number of nitrogens with zero attached hydrogens (tertiary/aromatic N) is 1. The van der Waals surface area contributed by atoms with Gasteiger partial charge < -0.3 is 10.2 Å². The zero-order valence-electron chi connectivity index (χ0n) is 12.2. The SMILES string of the molecule is C=C/C=C(\C=C/C)CNC(=O)N(C)Cc1ccccc1. The van der Waals surface area contributed by atoms with Crippen LogP contribution in [-0.4, -0.2) is 24.5 Å². The number of hydrogen-bond donors (Lipinski definition) is 1. The van der Waals surface area contributed by atoms with Crippen molar-refractivity contribution < 1.29 is 4.79 Å². The lowest BCUT2D eigenvalue weighted by atomic mass is 10.2. The molecule has 0 aromatic heterocycles. The van der Waals surface area contributed by atoms with Gasteiger partial charge >= 0.3 is 6.03 Å². The van der Waals surface area contributed by atoms with Crippen molar-refractivity contribution in [2.24, 2.45) is 0 Å². The van der Waals surface area contributed by atoms with Gasteiger partial charge in [-0.15, -0.1) is 0 Å². The molecule has 1 aromatic rings. The third kappa shape index (κ3) is 5.57. The molecule has 0 saturated carbocycles. The summed E-state index contributed by atoms with van der Waals surface area (Å²) in [5.74, 6) is 0. The van der Waals surface area contributed by atoms with E-state index in [1.54, 1.807) is 18.0 Å². The molecule has 1 aromatic carbocycles. The minimum atomic E-state index is -0.0895. The van der Waals surface area contributed by atoms with E-state index in [0.29, 0.717) is 13.1 Å². The Hall–Kier alpha value is -2.29. The van der Waals surface area contributed by atoms with Crippen molar-refractivity contribution in [3.05, 3.63) is 72.4 Å². The van der Waals surface area contributed by atoms with Gasteiger partial charge in [0.2, 0.25) is 0 Å². The smallest absolute Gasteiger partial charge is 0.317 e. The Morgan fingerprint density at radius 3 is 2.65 bits per heavy atom.